The van der Waals surface area contributed by atoms with Crippen molar-refractivity contribution >= 4 is 6.03 Å². The molecule has 2 N–H and O–H groups in total. The second-order valence-electron chi connectivity index (χ2n) is 3.32. The maximum atomic E-state index is 11.1. The van der Waals surface area contributed by atoms with E-state index in [-0.39, 0.29) is 13.2 Å². The van der Waals surface area contributed by atoms with Gasteiger partial charge in [-0.1, -0.05) is 6.04 Å². The Hall–Kier alpha value is -1.71. The third-order valence-corrected chi connectivity index (χ3v) is 2.00. The van der Waals surface area contributed by atoms with Crippen LogP contribution >= 0.6 is 0 Å². The third kappa shape index (κ3) is 2.66. The molecule has 0 aliphatic carbocycles. The largest absolute Gasteiger partial charge is 0.491 e. The van der Waals surface area contributed by atoms with E-state index in [1.165, 1.54) is 0 Å². The molecule has 1 fully saturated rings. The van der Waals surface area contributed by atoms with Crippen molar-refractivity contribution in [2.24, 2.45) is 0 Å². The minimum atomic E-state index is -2.91. The summed E-state index contributed by atoms with van der Waals surface area (Å²) in [6.45, 7) is -5.78. The predicted octanol–water partition coefficient (Wildman–Crippen LogP) is 1.36. The standard InChI is InChI=1S/C12H16N2O2/c1-8-3-9(2)5-11(4-8)16-7-10-6-13-12(15)14-10/h3-5,10H,6-7H2,1-2H3,(H2,13,14,15)/i1D3,2D3,3D,4D,5D. The van der Waals surface area contributed by atoms with E-state index in [0.717, 1.165) is 0 Å². The summed E-state index contributed by atoms with van der Waals surface area (Å²) < 4.78 is 74.0. The van der Waals surface area contributed by atoms with Gasteiger partial charge in [-0.2, -0.15) is 0 Å². The summed E-state index contributed by atoms with van der Waals surface area (Å²) >= 11 is 0. The molecule has 1 aliphatic heterocycles. The molecule has 1 aromatic carbocycles. The normalized spacial score (nSPS) is 28.9. The average Bonchev–Trinajstić information content (AvgIpc) is 2.80. The second kappa shape index (κ2) is 4.43. The molecule has 1 unspecified atom stereocenters. The highest BCUT2D eigenvalue weighted by atomic mass is 16.5. The lowest BCUT2D eigenvalue weighted by atomic mass is 10.1. The van der Waals surface area contributed by atoms with Crippen LogP contribution in [0, 0.1) is 13.7 Å². The van der Waals surface area contributed by atoms with Crippen LogP contribution in [0.3, 0.4) is 0 Å². The van der Waals surface area contributed by atoms with Crippen LogP contribution in [0.1, 0.15) is 23.5 Å². The number of ether oxygens (including phenoxy) is 1. The van der Waals surface area contributed by atoms with Crippen LogP contribution in [0.25, 0.3) is 0 Å². The van der Waals surface area contributed by atoms with Crippen LogP contribution < -0.4 is 15.4 Å². The van der Waals surface area contributed by atoms with Crippen LogP contribution in [-0.2, 0) is 0 Å². The van der Waals surface area contributed by atoms with Gasteiger partial charge in [-0.3, -0.25) is 0 Å². The van der Waals surface area contributed by atoms with Crippen LogP contribution in [0.15, 0.2) is 18.1 Å². The zero-order valence-corrected chi connectivity index (χ0v) is 8.31. The first kappa shape index (κ1) is 4.28. The minimum absolute atomic E-state index is 0.186. The SMILES string of the molecule is [2H]c1c(OCC2CNC(=O)N2)c([2H])c(C([2H])([2H])[2H])c([2H])c1C([2H])([2H])[2H]. The van der Waals surface area contributed by atoms with Gasteiger partial charge in [-0.25, -0.2) is 4.79 Å². The van der Waals surface area contributed by atoms with Crippen molar-refractivity contribution in [2.75, 3.05) is 13.2 Å². The molecule has 0 radical (unpaired) electrons. The summed E-state index contributed by atoms with van der Waals surface area (Å²) in [6.07, 6.45) is 0. The van der Waals surface area contributed by atoms with Crippen molar-refractivity contribution < 1.29 is 21.9 Å². The number of hydrogen-bond acceptors (Lipinski definition) is 2. The Morgan fingerprint density at radius 3 is 2.81 bits per heavy atom. The maximum absolute atomic E-state index is 11.1. The lowest BCUT2D eigenvalue weighted by Crippen LogP contribution is -2.32. The molecule has 4 heteroatoms. The van der Waals surface area contributed by atoms with E-state index in [4.69, 9.17) is 17.1 Å². The number of amides is 2. The van der Waals surface area contributed by atoms with Crippen LogP contribution in [0.2, 0.25) is 0 Å². The van der Waals surface area contributed by atoms with Crippen molar-refractivity contribution in [3.63, 3.8) is 0 Å². The molecule has 0 saturated carbocycles. The van der Waals surface area contributed by atoms with E-state index in [1.54, 1.807) is 0 Å². The van der Waals surface area contributed by atoms with Gasteiger partial charge < -0.3 is 15.4 Å². The molecule has 1 aliphatic rings. The first-order valence-electron chi connectivity index (χ1n) is 9.16. The van der Waals surface area contributed by atoms with Gasteiger partial charge in [0.1, 0.15) is 12.4 Å². The molecule has 2 amide bonds. The van der Waals surface area contributed by atoms with Crippen molar-refractivity contribution in [2.45, 2.75) is 19.7 Å². The van der Waals surface area contributed by atoms with Gasteiger partial charge in [-0.15, -0.1) is 0 Å². The fourth-order valence-electron chi connectivity index (χ4n) is 1.31. The smallest absolute Gasteiger partial charge is 0.315 e. The summed E-state index contributed by atoms with van der Waals surface area (Å²) in [5.74, 6) is -0.533. The van der Waals surface area contributed by atoms with Crippen molar-refractivity contribution in [3.8, 4) is 5.75 Å². The van der Waals surface area contributed by atoms with Crippen molar-refractivity contribution in [3.05, 3.63) is 29.3 Å². The maximum Gasteiger partial charge on any atom is 0.315 e. The molecule has 1 atom stereocenters. The van der Waals surface area contributed by atoms with Crippen LogP contribution in [0.4, 0.5) is 4.79 Å². The zero-order chi connectivity index (χ0) is 19.2. The quantitative estimate of drug-likeness (QED) is 0.822. The lowest BCUT2D eigenvalue weighted by Gasteiger charge is -2.12. The molecule has 0 aromatic heterocycles. The molecule has 0 spiro atoms. The second-order valence-corrected chi connectivity index (χ2v) is 3.32. The number of carbonyl (C=O) groups is 1. The topological polar surface area (TPSA) is 50.4 Å². The Kier molecular flexibility index (Phi) is 1.18. The fourth-order valence-corrected chi connectivity index (χ4v) is 1.31. The number of nitrogens with one attached hydrogen (secondary N) is 2. The summed E-state index contributed by atoms with van der Waals surface area (Å²) in [4.78, 5) is 11.1. The molecule has 4 nitrogen and oxygen atoms in total. The fraction of sp³-hybridized carbons (Fsp3) is 0.417. The van der Waals surface area contributed by atoms with Gasteiger partial charge in [0.25, 0.3) is 0 Å². The molecule has 0 bridgehead atoms. The van der Waals surface area contributed by atoms with Gasteiger partial charge >= 0.3 is 6.03 Å². The van der Waals surface area contributed by atoms with E-state index in [1.807, 2.05) is 0 Å². The molecule has 2 rings (SSSR count). The third-order valence-electron chi connectivity index (χ3n) is 2.00. The Morgan fingerprint density at radius 2 is 2.25 bits per heavy atom. The van der Waals surface area contributed by atoms with Crippen LogP contribution in [0.5, 0.6) is 5.75 Å². The molecule has 1 heterocycles. The molecule has 16 heavy (non-hydrogen) atoms. The molecular formula is C12H16N2O2. The first-order chi connectivity index (χ1) is 11.3. The van der Waals surface area contributed by atoms with Gasteiger partial charge in [-0.05, 0) is 36.9 Å². The van der Waals surface area contributed by atoms with E-state index < -0.39 is 60.8 Å². The van der Waals surface area contributed by atoms with Gasteiger partial charge in [0.15, 0.2) is 0 Å². The Morgan fingerprint density at radius 1 is 1.50 bits per heavy atom. The molecular weight excluding hydrogens is 204 g/mol. The zero-order valence-electron chi connectivity index (χ0n) is 17.3. The van der Waals surface area contributed by atoms with Gasteiger partial charge in [0.2, 0.25) is 0 Å². The summed E-state index contributed by atoms with van der Waals surface area (Å²) in [5.41, 5.74) is -1.56. The summed E-state index contributed by atoms with van der Waals surface area (Å²) in [6, 6.07) is -3.22. The Bertz CT molecular complexity index is 658. The number of carbonyl (C=O) groups excluding carboxylic acids is 1. The molecule has 1 aromatic rings. The summed E-state index contributed by atoms with van der Waals surface area (Å²) in [5, 5.41) is 4.99. The number of benzene rings is 1. The van der Waals surface area contributed by atoms with E-state index in [9.17, 15) is 4.79 Å². The number of rotatable bonds is 3. The van der Waals surface area contributed by atoms with Crippen LogP contribution in [-0.4, -0.2) is 25.2 Å². The first-order valence-corrected chi connectivity index (χ1v) is 4.66. The highest BCUT2D eigenvalue weighted by Gasteiger charge is 2.20. The van der Waals surface area contributed by atoms with E-state index >= 15 is 0 Å². The van der Waals surface area contributed by atoms with Crippen molar-refractivity contribution in [1.29, 1.82) is 0 Å². The minimum Gasteiger partial charge on any atom is -0.491 e. The molecule has 86 valence electrons. The highest BCUT2D eigenvalue weighted by molar-refractivity contribution is 5.76. The van der Waals surface area contributed by atoms with E-state index in [0.29, 0.717) is 0 Å². The Labute approximate surface area is 108 Å². The highest BCUT2D eigenvalue weighted by Crippen LogP contribution is 2.16. The predicted molar refractivity (Wildman–Crippen MR) is 61.7 cm³/mol. The van der Waals surface area contributed by atoms with Gasteiger partial charge in [0.05, 0.1) is 10.2 Å². The monoisotopic (exact) mass is 229 g/mol. The average molecular weight is 229 g/mol. The summed E-state index contributed by atoms with van der Waals surface area (Å²) in [7, 11) is 0. The number of urea groups is 1. The molecule has 1 saturated heterocycles. The lowest BCUT2D eigenvalue weighted by molar-refractivity contribution is 0.243. The van der Waals surface area contributed by atoms with E-state index in [2.05, 4.69) is 10.6 Å². The Balaban J connectivity index is 2.52. The van der Waals surface area contributed by atoms with Crippen molar-refractivity contribution in [1.82, 2.24) is 10.6 Å². The van der Waals surface area contributed by atoms with Gasteiger partial charge in [0, 0.05) is 14.8 Å². The number of hydrogen-bond donors (Lipinski definition) is 2.